The van der Waals surface area contributed by atoms with Gasteiger partial charge in [0.2, 0.25) is 0 Å². The first-order chi connectivity index (χ1) is 10.9. The maximum Gasteiger partial charge on any atom is 0.103 e. The molecule has 0 spiro atoms. The summed E-state index contributed by atoms with van der Waals surface area (Å²) in [5, 5.41) is 0. The van der Waals surface area contributed by atoms with Gasteiger partial charge >= 0.3 is 0 Å². The van der Waals surface area contributed by atoms with Crippen molar-refractivity contribution in [3.8, 4) is 0 Å². The van der Waals surface area contributed by atoms with Crippen LogP contribution in [-0.4, -0.2) is 13.2 Å². The first-order valence-electron chi connectivity index (χ1n) is 8.56. The van der Waals surface area contributed by atoms with E-state index in [1.807, 2.05) is 0 Å². The maximum atomic E-state index is 2.48. The van der Waals surface area contributed by atoms with E-state index in [-0.39, 0.29) is 5.41 Å². The van der Waals surface area contributed by atoms with Crippen LogP contribution in [0.25, 0.3) is 0 Å². The molecule has 1 atom stereocenters. The molecule has 1 aliphatic heterocycles. The van der Waals surface area contributed by atoms with Crippen LogP contribution in [0.3, 0.4) is 0 Å². The summed E-state index contributed by atoms with van der Waals surface area (Å²) in [6, 6.07) is 17.6. The predicted octanol–water partition coefficient (Wildman–Crippen LogP) is 5.55. The van der Waals surface area contributed by atoms with Gasteiger partial charge in [0.25, 0.3) is 0 Å². The van der Waals surface area contributed by atoms with Crippen molar-refractivity contribution >= 4 is 17.1 Å². The number of hydrogen-bond donors (Lipinski definition) is 0. The smallest absolute Gasteiger partial charge is 0.103 e. The molecule has 0 amide bonds. The van der Waals surface area contributed by atoms with Crippen molar-refractivity contribution in [2.75, 3.05) is 16.8 Å². The van der Waals surface area contributed by atoms with E-state index in [0.717, 1.165) is 0 Å². The zero-order valence-electron chi connectivity index (χ0n) is 15.2. The summed E-state index contributed by atoms with van der Waals surface area (Å²) < 4.78 is 0. The van der Waals surface area contributed by atoms with E-state index in [2.05, 4.69) is 100.0 Å². The van der Waals surface area contributed by atoms with Gasteiger partial charge in [-0.25, -0.2) is 0 Å². The molecule has 122 valence electrons. The van der Waals surface area contributed by atoms with Gasteiger partial charge in [-0.3, -0.25) is 0 Å². The number of fused-ring (bicyclic) bond motifs is 1. The van der Waals surface area contributed by atoms with E-state index in [1.54, 1.807) is 0 Å². The zero-order chi connectivity index (χ0) is 16.8. The van der Waals surface area contributed by atoms with Gasteiger partial charge in [0, 0.05) is 12.7 Å². The Morgan fingerprint density at radius 1 is 0.870 bits per heavy atom. The molecule has 0 saturated carbocycles. The Kier molecular flexibility index (Phi) is 3.87. The molecule has 23 heavy (non-hydrogen) atoms. The third-order valence-electron chi connectivity index (χ3n) is 5.76. The molecule has 2 nitrogen and oxygen atoms in total. The highest BCUT2D eigenvalue weighted by atomic mass is 15.4. The lowest BCUT2D eigenvalue weighted by atomic mass is 9.74. The molecule has 1 heterocycles. The van der Waals surface area contributed by atoms with Crippen LogP contribution in [0.4, 0.5) is 17.1 Å². The zero-order valence-corrected chi connectivity index (χ0v) is 15.2. The van der Waals surface area contributed by atoms with E-state index in [0.29, 0.717) is 12.1 Å². The molecule has 0 saturated heterocycles. The molecule has 0 bridgehead atoms. The second-order valence-electron chi connectivity index (χ2n) is 7.50. The molecule has 0 radical (unpaired) electrons. The summed E-state index contributed by atoms with van der Waals surface area (Å²) in [4.78, 5) is 4.84. The quantitative estimate of drug-likeness (QED) is 0.733. The van der Waals surface area contributed by atoms with Gasteiger partial charge < -0.3 is 9.80 Å². The molecule has 1 unspecified atom stereocenters. The molecule has 0 fully saturated rings. The maximum absolute atomic E-state index is 2.48. The van der Waals surface area contributed by atoms with Crippen LogP contribution in [0.1, 0.15) is 40.2 Å². The van der Waals surface area contributed by atoms with Gasteiger partial charge in [0.15, 0.2) is 0 Å². The average molecular weight is 308 g/mol. The van der Waals surface area contributed by atoms with Crippen LogP contribution in [0.15, 0.2) is 48.5 Å². The molecule has 3 rings (SSSR count). The van der Waals surface area contributed by atoms with Crippen LogP contribution in [-0.2, 0) is 5.41 Å². The Morgan fingerprint density at radius 3 is 2.00 bits per heavy atom. The SMILES string of the molecule is CC1N(C)c2ccccc2N1c1ccccc1C(C)(C)C(C)C. The van der Waals surface area contributed by atoms with Crippen LogP contribution in [0.5, 0.6) is 0 Å². The van der Waals surface area contributed by atoms with E-state index in [1.165, 1.54) is 22.6 Å². The summed E-state index contributed by atoms with van der Waals surface area (Å²) in [5.41, 5.74) is 5.49. The Balaban J connectivity index is 2.17. The third-order valence-corrected chi connectivity index (χ3v) is 5.76. The fraction of sp³-hybridized carbons (Fsp3) is 0.429. The van der Waals surface area contributed by atoms with Crippen LogP contribution in [0, 0.1) is 5.92 Å². The number of rotatable bonds is 3. The minimum absolute atomic E-state index is 0.131. The van der Waals surface area contributed by atoms with Crippen molar-refractivity contribution in [1.82, 2.24) is 0 Å². The average Bonchev–Trinajstić information content (AvgIpc) is 2.79. The Morgan fingerprint density at radius 2 is 1.39 bits per heavy atom. The molecular weight excluding hydrogens is 280 g/mol. The van der Waals surface area contributed by atoms with Gasteiger partial charge in [-0.2, -0.15) is 0 Å². The molecule has 0 aromatic heterocycles. The second-order valence-corrected chi connectivity index (χ2v) is 7.50. The van der Waals surface area contributed by atoms with Crippen molar-refractivity contribution in [3.05, 3.63) is 54.1 Å². The normalized spacial score (nSPS) is 17.8. The predicted molar refractivity (Wildman–Crippen MR) is 101 cm³/mol. The highest BCUT2D eigenvalue weighted by Crippen LogP contribution is 2.47. The topological polar surface area (TPSA) is 6.48 Å². The third kappa shape index (κ3) is 2.41. The standard InChI is InChI=1S/C21H28N2/c1-15(2)21(4,5)17-11-7-8-12-18(17)23-16(3)22(6)19-13-9-10-14-20(19)23/h7-16H,1-6H3. The Hall–Kier alpha value is -1.96. The molecule has 2 heteroatoms. The van der Waals surface area contributed by atoms with E-state index in [4.69, 9.17) is 0 Å². The summed E-state index contributed by atoms with van der Waals surface area (Å²) in [5.74, 6) is 0.578. The second kappa shape index (κ2) is 5.59. The fourth-order valence-electron chi connectivity index (χ4n) is 3.41. The highest BCUT2D eigenvalue weighted by molar-refractivity contribution is 5.84. The summed E-state index contributed by atoms with van der Waals surface area (Å²) in [6.07, 6.45) is 0.316. The van der Waals surface area contributed by atoms with Gasteiger partial charge in [-0.1, -0.05) is 58.0 Å². The Labute approximate surface area is 140 Å². The van der Waals surface area contributed by atoms with E-state index < -0.39 is 0 Å². The number of benzene rings is 2. The number of nitrogens with zero attached hydrogens (tertiary/aromatic N) is 2. The molecule has 1 aliphatic rings. The summed E-state index contributed by atoms with van der Waals surface area (Å²) in [6.45, 7) is 11.6. The number of anilines is 3. The largest absolute Gasteiger partial charge is 0.353 e. The van der Waals surface area contributed by atoms with Gasteiger partial charge in [0.1, 0.15) is 6.17 Å². The van der Waals surface area contributed by atoms with Crippen LogP contribution >= 0.6 is 0 Å². The summed E-state index contributed by atoms with van der Waals surface area (Å²) in [7, 11) is 2.18. The fourth-order valence-corrected chi connectivity index (χ4v) is 3.41. The minimum atomic E-state index is 0.131. The molecule has 0 aliphatic carbocycles. The van der Waals surface area contributed by atoms with E-state index >= 15 is 0 Å². The van der Waals surface area contributed by atoms with Crippen LogP contribution in [0.2, 0.25) is 0 Å². The van der Waals surface area contributed by atoms with Crippen molar-refractivity contribution in [2.45, 2.75) is 46.2 Å². The van der Waals surface area contributed by atoms with Crippen molar-refractivity contribution in [1.29, 1.82) is 0 Å². The first kappa shape index (κ1) is 15.9. The van der Waals surface area contributed by atoms with Crippen molar-refractivity contribution in [2.24, 2.45) is 5.92 Å². The number of para-hydroxylation sites is 3. The van der Waals surface area contributed by atoms with Crippen molar-refractivity contribution < 1.29 is 0 Å². The lowest BCUT2D eigenvalue weighted by Gasteiger charge is -2.36. The van der Waals surface area contributed by atoms with E-state index in [9.17, 15) is 0 Å². The van der Waals surface area contributed by atoms with Gasteiger partial charge in [0.05, 0.1) is 11.4 Å². The van der Waals surface area contributed by atoms with Gasteiger partial charge in [-0.15, -0.1) is 0 Å². The number of hydrogen-bond acceptors (Lipinski definition) is 2. The Bertz CT molecular complexity index is 702. The highest BCUT2D eigenvalue weighted by Gasteiger charge is 2.35. The monoisotopic (exact) mass is 308 g/mol. The minimum Gasteiger partial charge on any atom is -0.353 e. The van der Waals surface area contributed by atoms with Crippen LogP contribution < -0.4 is 9.80 Å². The van der Waals surface area contributed by atoms with Gasteiger partial charge in [-0.05, 0) is 42.0 Å². The van der Waals surface area contributed by atoms with Crippen molar-refractivity contribution in [3.63, 3.8) is 0 Å². The molecule has 2 aromatic rings. The summed E-state index contributed by atoms with van der Waals surface area (Å²) >= 11 is 0. The molecular formula is C21H28N2. The lowest BCUT2D eigenvalue weighted by molar-refractivity contribution is 0.372. The molecule has 2 aromatic carbocycles. The first-order valence-corrected chi connectivity index (χ1v) is 8.56. The lowest BCUT2D eigenvalue weighted by Crippen LogP contribution is -2.37. The molecule has 0 N–H and O–H groups in total.